The molecule has 32 heavy (non-hydrogen) atoms. The van der Waals surface area contributed by atoms with Gasteiger partial charge in [0.1, 0.15) is 23.4 Å². The van der Waals surface area contributed by atoms with Crippen molar-refractivity contribution in [3.05, 3.63) is 77.1 Å². The molecular formula is C25H21F2NO4. The zero-order valence-electron chi connectivity index (χ0n) is 17.4. The molecule has 0 amide bonds. The van der Waals surface area contributed by atoms with Crippen molar-refractivity contribution in [3.8, 4) is 22.6 Å². The highest BCUT2D eigenvalue weighted by Gasteiger charge is 2.32. The Morgan fingerprint density at radius 3 is 2.88 bits per heavy atom. The molecule has 0 N–H and O–H groups in total. The minimum atomic E-state index is -0.581. The third-order valence-corrected chi connectivity index (χ3v) is 6.12. The number of ether oxygens (including phenoxy) is 3. The summed E-state index contributed by atoms with van der Waals surface area (Å²) in [6.45, 7) is 0.398. The molecule has 0 saturated carbocycles. The minimum Gasteiger partial charge on any atom is -0.492 e. The van der Waals surface area contributed by atoms with Gasteiger partial charge < -0.3 is 14.2 Å². The molecule has 0 saturated heterocycles. The first-order valence-corrected chi connectivity index (χ1v) is 10.5. The Morgan fingerprint density at radius 1 is 1.19 bits per heavy atom. The first-order chi connectivity index (χ1) is 15.5. The number of halogens is 2. The standard InChI is InChI=1S/C25H21F2NO4/c1-30-23(29)11-14-13-31-22-12-15(4-5-16(14)22)32-21-9-7-18-17(6-8-20(26)24(18)21)19-3-2-10-28-25(19)27/h2-6,8,10,12,14,21H,7,9,11,13H2,1H3/t14?,21-/m1/s1. The molecule has 7 heteroatoms. The lowest BCUT2D eigenvalue weighted by molar-refractivity contribution is -0.141. The molecule has 5 rings (SSSR count). The summed E-state index contributed by atoms with van der Waals surface area (Å²) < 4.78 is 45.7. The molecule has 2 atom stereocenters. The molecule has 1 unspecified atom stereocenters. The Bertz CT molecular complexity index is 1200. The van der Waals surface area contributed by atoms with Gasteiger partial charge in [-0.3, -0.25) is 4.79 Å². The third-order valence-electron chi connectivity index (χ3n) is 6.12. The van der Waals surface area contributed by atoms with E-state index in [1.54, 1.807) is 30.3 Å². The van der Waals surface area contributed by atoms with E-state index in [1.165, 1.54) is 19.4 Å². The molecule has 0 fully saturated rings. The monoisotopic (exact) mass is 437 g/mol. The number of methoxy groups -OCH3 is 1. The predicted molar refractivity (Wildman–Crippen MR) is 113 cm³/mol. The SMILES string of the molecule is COC(=O)CC1COc2cc(O[C@@H]3CCc4c(-c5cccnc5F)ccc(F)c43)ccc21. The molecule has 1 aliphatic carbocycles. The number of carbonyl (C=O) groups excluding carboxylic acids is 1. The van der Waals surface area contributed by atoms with Crippen LogP contribution in [0.3, 0.4) is 0 Å². The lowest BCUT2D eigenvalue weighted by Crippen LogP contribution is -2.09. The lowest BCUT2D eigenvalue weighted by atomic mass is 9.97. The van der Waals surface area contributed by atoms with Crippen LogP contribution in [0.2, 0.25) is 0 Å². The van der Waals surface area contributed by atoms with Crippen molar-refractivity contribution in [1.29, 1.82) is 0 Å². The second kappa shape index (κ2) is 8.22. The van der Waals surface area contributed by atoms with E-state index in [1.807, 2.05) is 6.07 Å². The Morgan fingerprint density at radius 2 is 2.06 bits per heavy atom. The maximum absolute atomic E-state index is 14.8. The average molecular weight is 437 g/mol. The van der Waals surface area contributed by atoms with Crippen molar-refractivity contribution in [2.75, 3.05) is 13.7 Å². The summed E-state index contributed by atoms with van der Waals surface area (Å²) in [5.74, 6) is -0.0910. The van der Waals surface area contributed by atoms with Gasteiger partial charge >= 0.3 is 5.97 Å². The van der Waals surface area contributed by atoms with Crippen LogP contribution in [0.5, 0.6) is 11.5 Å². The Kier molecular flexibility index (Phi) is 5.25. The topological polar surface area (TPSA) is 57.7 Å². The molecular weight excluding hydrogens is 416 g/mol. The number of nitrogens with zero attached hydrogens (tertiary/aromatic N) is 1. The van der Waals surface area contributed by atoms with Crippen LogP contribution in [-0.4, -0.2) is 24.7 Å². The van der Waals surface area contributed by atoms with Crippen LogP contribution in [0.25, 0.3) is 11.1 Å². The average Bonchev–Trinajstić information content (AvgIpc) is 3.39. The van der Waals surface area contributed by atoms with E-state index in [9.17, 15) is 13.6 Å². The largest absolute Gasteiger partial charge is 0.492 e. The number of hydrogen-bond acceptors (Lipinski definition) is 5. The van der Waals surface area contributed by atoms with Gasteiger partial charge in [0, 0.05) is 34.9 Å². The van der Waals surface area contributed by atoms with Crippen LogP contribution < -0.4 is 9.47 Å². The number of hydrogen-bond donors (Lipinski definition) is 0. The third kappa shape index (κ3) is 3.57. The zero-order valence-corrected chi connectivity index (χ0v) is 17.4. The number of fused-ring (bicyclic) bond motifs is 2. The second-order valence-electron chi connectivity index (χ2n) is 7.96. The molecule has 1 aromatic heterocycles. The van der Waals surface area contributed by atoms with Gasteiger partial charge in [0.05, 0.1) is 20.1 Å². The van der Waals surface area contributed by atoms with Crippen molar-refractivity contribution in [1.82, 2.24) is 4.98 Å². The summed E-state index contributed by atoms with van der Waals surface area (Å²) in [5.41, 5.74) is 3.12. The fourth-order valence-electron chi connectivity index (χ4n) is 4.58. The highest BCUT2D eigenvalue weighted by Crippen LogP contribution is 2.44. The molecule has 2 aliphatic rings. The normalized spacial score (nSPS) is 18.6. The Hall–Kier alpha value is -3.48. The van der Waals surface area contributed by atoms with Crippen LogP contribution in [0.1, 0.15) is 41.6 Å². The van der Waals surface area contributed by atoms with Crippen molar-refractivity contribution >= 4 is 5.97 Å². The van der Waals surface area contributed by atoms with Crippen molar-refractivity contribution < 1.29 is 27.8 Å². The smallest absolute Gasteiger partial charge is 0.306 e. The number of aromatic nitrogens is 1. The minimum absolute atomic E-state index is 0.0620. The maximum atomic E-state index is 14.8. The van der Waals surface area contributed by atoms with Gasteiger partial charge in [-0.25, -0.2) is 9.37 Å². The number of rotatable bonds is 5. The van der Waals surface area contributed by atoms with E-state index in [0.717, 1.165) is 11.1 Å². The van der Waals surface area contributed by atoms with E-state index in [2.05, 4.69) is 4.98 Å². The number of carbonyl (C=O) groups is 1. The molecule has 0 bridgehead atoms. The van der Waals surface area contributed by atoms with E-state index >= 15 is 0 Å². The van der Waals surface area contributed by atoms with Crippen molar-refractivity contribution in [2.45, 2.75) is 31.3 Å². The lowest BCUT2D eigenvalue weighted by Gasteiger charge is -2.17. The van der Waals surface area contributed by atoms with Crippen LogP contribution in [0, 0.1) is 11.8 Å². The summed E-state index contributed by atoms with van der Waals surface area (Å²) in [5, 5.41) is 0. The molecule has 5 nitrogen and oxygen atoms in total. The van der Waals surface area contributed by atoms with Gasteiger partial charge in [0.2, 0.25) is 5.95 Å². The molecule has 0 radical (unpaired) electrons. The van der Waals surface area contributed by atoms with Gasteiger partial charge in [0.15, 0.2) is 0 Å². The number of pyridine rings is 1. The van der Waals surface area contributed by atoms with E-state index in [-0.39, 0.29) is 24.1 Å². The van der Waals surface area contributed by atoms with Crippen LogP contribution >= 0.6 is 0 Å². The van der Waals surface area contributed by atoms with Crippen molar-refractivity contribution in [3.63, 3.8) is 0 Å². The molecule has 164 valence electrons. The second-order valence-corrected chi connectivity index (χ2v) is 7.96. The van der Waals surface area contributed by atoms with Crippen molar-refractivity contribution in [2.24, 2.45) is 0 Å². The van der Waals surface area contributed by atoms with Gasteiger partial charge in [-0.15, -0.1) is 0 Å². The van der Waals surface area contributed by atoms with E-state index in [0.29, 0.717) is 47.6 Å². The number of benzene rings is 2. The van der Waals surface area contributed by atoms with Gasteiger partial charge in [-0.2, -0.15) is 4.39 Å². The highest BCUT2D eigenvalue weighted by molar-refractivity contribution is 5.71. The summed E-state index contributed by atoms with van der Waals surface area (Å²) in [7, 11) is 1.36. The van der Waals surface area contributed by atoms with Gasteiger partial charge in [-0.05, 0) is 48.2 Å². The molecule has 2 aromatic carbocycles. The first kappa shape index (κ1) is 20.4. The fraction of sp³-hybridized carbons (Fsp3) is 0.280. The number of esters is 1. The summed E-state index contributed by atoms with van der Waals surface area (Å²) >= 11 is 0. The Labute approximate surface area is 184 Å². The molecule has 1 aliphatic heterocycles. The summed E-state index contributed by atoms with van der Waals surface area (Å²) in [6, 6.07) is 11.7. The summed E-state index contributed by atoms with van der Waals surface area (Å²) in [4.78, 5) is 15.3. The Balaban J connectivity index is 1.41. The molecule has 0 spiro atoms. The quantitative estimate of drug-likeness (QED) is 0.409. The predicted octanol–water partition coefficient (Wildman–Crippen LogP) is 5.13. The molecule has 3 aromatic rings. The van der Waals surface area contributed by atoms with E-state index in [4.69, 9.17) is 14.2 Å². The summed E-state index contributed by atoms with van der Waals surface area (Å²) in [6.07, 6.45) is 2.30. The highest BCUT2D eigenvalue weighted by atomic mass is 19.1. The van der Waals surface area contributed by atoms with Gasteiger partial charge in [0.25, 0.3) is 0 Å². The van der Waals surface area contributed by atoms with Crippen LogP contribution in [0.15, 0.2) is 48.7 Å². The first-order valence-electron chi connectivity index (χ1n) is 10.5. The van der Waals surface area contributed by atoms with Gasteiger partial charge in [-0.1, -0.05) is 12.1 Å². The van der Waals surface area contributed by atoms with E-state index < -0.39 is 12.1 Å². The maximum Gasteiger partial charge on any atom is 0.306 e. The zero-order chi connectivity index (χ0) is 22.2. The van der Waals surface area contributed by atoms with Crippen LogP contribution in [0.4, 0.5) is 8.78 Å². The molecule has 2 heterocycles. The van der Waals surface area contributed by atoms with Crippen LogP contribution in [-0.2, 0) is 16.0 Å². The fourth-order valence-corrected chi connectivity index (χ4v) is 4.58.